The Kier molecular flexibility index (Phi) is 3.74. The summed E-state index contributed by atoms with van der Waals surface area (Å²) in [5, 5.41) is -12.7. The van der Waals surface area contributed by atoms with Crippen LogP contribution in [0.2, 0.25) is 0 Å². The van der Waals surface area contributed by atoms with Crippen molar-refractivity contribution in [2.75, 3.05) is 0 Å². The van der Waals surface area contributed by atoms with E-state index in [1.165, 1.54) is 0 Å². The topological polar surface area (TPSA) is 68.3 Å². The van der Waals surface area contributed by atoms with E-state index in [-0.39, 0.29) is 0 Å². The predicted octanol–water partition coefficient (Wildman–Crippen LogP) is 2.41. The standard InChI is InChI=1S/C9HF9O4S2/c10-2-1(3(11)5(13)6(14)4(2)12)7-23(19,20)8(15,16)9(17,18)24(7,21)22/h7H. The summed E-state index contributed by atoms with van der Waals surface area (Å²) >= 11 is 0. The van der Waals surface area contributed by atoms with E-state index in [9.17, 15) is 56.3 Å². The molecule has 0 bridgehead atoms. The molecule has 0 spiro atoms. The third-order valence-electron chi connectivity index (χ3n) is 3.10. The second-order valence-electron chi connectivity index (χ2n) is 4.44. The third kappa shape index (κ3) is 1.81. The first-order valence-electron chi connectivity index (χ1n) is 5.29. The maximum Gasteiger partial charge on any atom is 0.423 e. The minimum absolute atomic E-state index is 2.83. The summed E-state index contributed by atoms with van der Waals surface area (Å²) in [7, 11) is -13.9. The molecule has 0 aliphatic carbocycles. The van der Waals surface area contributed by atoms with Gasteiger partial charge in [-0.05, 0) is 0 Å². The Morgan fingerprint density at radius 1 is 0.583 bits per heavy atom. The molecule has 0 unspecified atom stereocenters. The number of halogens is 9. The predicted molar refractivity (Wildman–Crippen MR) is 56.7 cm³/mol. The maximum atomic E-state index is 13.5. The third-order valence-corrected chi connectivity index (χ3v) is 8.29. The molecule has 0 amide bonds. The van der Waals surface area contributed by atoms with Gasteiger partial charge in [-0.25, -0.2) is 38.8 Å². The van der Waals surface area contributed by atoms with Gasteiger partial charge in [0.05, 0.1) is 5.56 Å². The van der Waals surface area contributed by atoms with Crippen molar-refractivity contribution >= 4 is 19.7 Å². The molecular weight excluding hydrogens is 407 g/mol. The monoisotopic (exact) mass is 408 g/mol. The molecule has 0 saturated carbocycles. The Balaban J connectivity index is 3.05. The van der Waals surface area contributed by atoms with Crippen LogP contribution in [0.1, 0.15) is 10.1 Å². The molecule has 15 heteroatoms. The van der Waals surface area contributed by atoms with Gasteiger partial charge in [0.2, 0.25) is 30.1 Å². The SMILES string of the molecule is O=S1(=O)C(c2c(F)c(F)c(F)c(F)c2F)S(=O)(=O)C(F)(F)C1(F)F. The Morgan fingerprint density at radius 3 is 1.12 bits per heavy atom. The maximum absolute atomic E-state index is 13.5. The van der Waals surface area contributed by atoms with Crippen molar-refractivity contribution in [3.05, 3.63) is 34.6 Å². The lowest BCUT2D eigenvalue weighted by Gasteiger charge is -2.14. The van der Waals surface area contributed by atoms with Crippen molar-refractivity contribution in [1.29, 1.82) is 0 Å². The molecule has 136 valence electrons. The first-order chi connectivity index (χ1) is 10.5. The van der Waals surface area contributed by atoms with Crippen molar-refractivity contribution in [2.24, 2.45) is 0 Å². The molecule has 1 aromatic rings. The van der Waals surface area contributed by atoms with Gasteiger partial charge < -0.3 is 0 Å². The van der Waals surface area contributed by atoms with Gasteiger partial charge >= 0.3 is 10.5 Å². The van der Waals surface area contributed by atoms with Gasteiger partial charge in [0.1, 0.15) is 0 Å². The largest absolute Gasteiger partial charge is 0.423 e. The zero-order valence-corrected chi connectivity index (χ0v) is 12.1. The summed E-state index contributed by atoms with van der Waals surface area (Å²) in [6.45, 7) is 0. The van der Waals surface area contributed by atoms with Crippen LogP contribution in [-0.4, -0.2) is 27.3 Å². The molecule has 4 nitrogen and oxygen atoms in total. The van der Waals surface area contributed by atoms with E-state index in [4.69, 9.17) is 0 Å². The molecule has 0 atom stereocenters. The van der Waals surface area contributed by atoms with E-state index in [0.29, 0.717) is 0 Å². The summed E-state index contributed by atoms with van der Waals surface area (Å²) in [5.74, 6) is -14.9. The van der Waals surface area contributed by atoms with Crippen molar-refractivity contribution in [1.82, 2.24) is 0 Å². The van der Waals surface area contributed by atoms with Crippen LogP contribution in [-0.2, 0) is 19.7 Å². The van der Waals surface area contributed by atoms with E-state index in [2.05, 4.69) is 0 Å². The number of hydrogen-bond acceptors (Lipinski definition) is 4. The second kappa shape index (κ2) is 4.77. The van der Waals surface area contributed by atoms with Gasteiger partial charge in [-0.2, -0.15) is 17.6 Å². The van der Waals surface area contributed by atoms with Crippen molar-refractivity contribution in [3.63, 3.8) is 0 Å². The molecule has 1 aliphatic heterocycles. The normalized spacial score (nSPS) is 24.2. The second-order valence-corrected chi connectivity index (χ2v) is 8.89. The zero-order valence-electron chi connectivity index (χ0n) is 10.4. The quantitative estimate of drug-likeness (QED) is 0.407. The number of sulfone groups is 2. The summed E-state index contributed by atoms with van der Waals surface area (Å²) in [6.07, 6.45) is 0. The van der Waals surface area contributed by atoms with Gasteiger partial charge in [0, 0.05) is 0 Å². The smallest absolute Gasteiger partial charge is 0.221 e. The molecule has 1 aromatic carbocycles. The van der Waals surface area contributed by atoms with Crippen LogP contribution in [0.4, 0.5) is 39.5 Å². The van der Waals surface area contributed by atoms with Gasteiger partial charge in [-0.15, -0.1) is 0 Å². The minimum atomic E-state index is -6.93. The first kappa shape index (κ1) is 18.8. The van der Waals surface area contributed by atoms with Crippen LogP contribution < -0.4 is 0 Å². The van der Waals surface area contributed by atoms with E-state index >= 15 is 0 Å². The van der Waals surface area contributed by atoms with Crippen LogP contribution in [0, 0.1) is 29.1 Å². The summed E-state index contributed by atoms with van der Waals surface area (Å²) in [4.78, 5) is 0. The minimum Gasteiger partial charge on any atom is -0.221 e. The fourth-order valence-electron chi connectivity index (χ4n) is 1.91. The van der Waals surface area contributed by atoms with E-state index < -0.39 is 69.4 Å². The Morgan fingerprint density at radius 2 is 0.833 bits per heavy atom. The van der Waals surface area contributed by atoms with Crippen LogP contribution >= 0.6 is 0 Å². The fraction of sp³-hybridized carbons (Fsp3) is 0.333. The van der Waals surface area contributed by atoms with Crippen LogP contribution in [0.5, 0.6) is 0 Å². The number of rotatable bonds is 1. The number of alkyl halides is 4. The van der Waals surface area contributed by atoms with Crippen molar-refractivity contribution in [2.45, 2.75) is 15.1 Å². The highest BCUT2D eigenvalue weighted by Crippen LogP contribution is 2.59. The van der Waals surface area contributed by atoms with E-state index in [1.807, 2.05) is 0 Å². The highest BCUT2D eigenvalue weighted by atomic mass is 32.3. The van der Waals surface area contributed by atoms with Crippen LogP contribution in [0.3, 0.4) is 0 Å². The van der Waals surface area contributed by atoms with Crippen LogP contribution in [0.15, 0.2) is 0 Å². The van der Waals surface area contributed by atoms with Gasteiger partial charge in [0.25, 0.3) is 0 Å². The molecule has 2 rings (SSSR count). The van der Waals surface area contributed by atoms with Gasteiger partial charge in [-0.1, -0.05) is 0 Å². The van der Waals surface area contributed by atoms with E-state index in [0.717, 1.165) is 0 Å². The lowest BCUT2D eigenvalue weighted by atomic mass is 10.2. The Bertz CT molecular complexity index is 879. The summed E-state index contributed by atoms with van der Waals surface area (Å²) in [5.41, 5.74) is -2.83. The molecule has 0 radical (unpaired) electrons. The molecule has 1 fully saturated rings. The van der Waals surface area contributed by atoms with Crippen molar-refractivity contribution < 1.29 is 56.3 Å². The van der Waals surface area contributed by atoms with Gasteiger partial charge in [-0.3, -0.25) is 0 Å². The molecule has 24 heavy (non-hydrogen) atoms. The van der Waals surface area contributed by atoms with Gasteiger partial charge in [0.15, 0.2) is 23.3 Å². The summed E-state index contributed by atoms with van der Waals surface area (Å²) in [6, 6.07) is 0. The number of hydrogen-bond donors (Lipinski definition) is 0. The van der Waals surface area contributed by atoms with Crippen LogP contribution in [0.25, 0.3) is 0 Å². The Hall–Kier alpha value is -1.51. The zero-order chi connectivity index (χ0) is 19.0. The lowest BCUT2D eigenvalue weighted by molar-refractivity contribution is -0.0920. The van der Waals surface area contributed by atoms with Crippen molar-refractivity contribution in [3.8, 4) is 0 Å². The number of benzene rings is 1. The highest BCUT2D eigenvalue weighted by molar-refractivity contribution is 8.12. The Labute approximate surface area is 126 Å². The summed E-state index contributed by atoms with van der Waals surface area (Å²) < 4.78 is 160. The highest BCUT2D eigenvalue weighted by Gasteiger charge is 2.84. The molecule has 1 saturated heterocycles. The van der Waals surface area contributed by atoms with E-state index in [1.54, 1.807) is 0 Å². The molecular formula is C9HF9O4S2. The average Bonchev–Trinajstić information content (AvgIpc) is 2.52. The molecule has 0 N–H and O–H groups in total. The lowest BCUT2D eigenvalue weighted by Crippen LogP contribution is -2.42. The average molecular weight is 408 g/mol. The molecule has 1 aliphatic rings. The molecule has 0 aromatic heterocycles. The molecule has 1 heterocycles. The fourth-order valence-corrected chi connectivity index (χ4v) is 6.90. The first-order valence-corrected chi connectivity index (χ1v) is 8.38.